The number of methoxy groups -OCH3 is 1. The van der Waals surface area contributed by atoms with Gasteiger partial charge in [0.1, 0.15) is 5.70 Å². The average Bonchev–Trinajstić information content (AvgIpc) is 2.44. The molecule has 0 bridgehead atoms. The average molecular weight is 312 g/mol. The first kappa shape index (κ1) is 16.9. The zero-order valence-electron chi connectivity index (χ0n) is 11.7. The molecule has 0 aliphatic carbocycles. The number of hydrogen-bond acceptors (Lipinski definition) is 5. The smallest absolute Gasteiger partial charge is 0.353 e. The van der Waals surface area contributed by atoms with Crippen molar-refractivity contribution >= 4 is 21.9 Å². The van der Waals surface area contributed by atoms with Gasteiger partial charge in [0.15, 0.2) is 0 Å². The molecule has 1 amide bonds. The van der Waals surface area contributed by atoms with Crippen molar-refractivity contribution in [3.63, 3.8) is 0 Å². The summed E-state index contributed by atoms with van der Waals surface area (Å²) < 4.78 is 30.3. The Morgan fingerprint density at radius 1 is 1.24 bits per heavy atom. The highest BCUT2D eigenvalue weighted by molar-refractivity contribution is 7.89. The van der Waals surface area contributed by atoms with Crippen molar-refractivity contribution in [1.82, 2.24) is 10.0 Å². The Hall–Kier alpha value is -2.19. The molecule has 21 heavy (non-hydrogen) atoms. The third-order valence-electron chi connectivity index (χ3n) is 2.48. The Kier molecular flexibility index (Phi) is 5.62. The fourth-order valence-electron chi connectivity index (χ4n) is 1.35. The summed E-state index contributed by atoms with van der Waals surface area (Å²) in [4.78, 5) is 22.6. The van der Waals surface area contributed by atoms with Crippen LogP contribution in [0.5, 0.6) is 0 Å². The molecule has 0 saturated carbocycles. The van der Waals surface area contributed by atoms with Crippen molar-refractivity contribution in [2.45, 2.75) is 11.8 Å². The minimum atomic E-state index is -3.79. The number of benzene rings is 1. The summed E-state index contributed by atoms with van der Waals surface area (Å²) in [5, 5.41) is 2.13. The van der Waals surface area contributed by atoms with E-state index >= 15 is 0 Å². The fraction of sp³-hybridized carbons (Fsp3) is 0.231. The molecular formula is C13H16N2O5S. The van der Waals surface area contributed by atoms with E-state index in [0.717, 1.165) is 12.7 Å². The summed E-state index contributed by atoms with van der Waals surface area (Å²) in [5.74, 6) is -1.52. The molecule has 114 valence electrons. The maximum Gasteiger partial charge on any atom is 0.353 e. The largest absolute Gasteiger partial charge is 0.464 e. The first-order valence-corrected chi connectivity index (χ1v) is 7.38. The summed E-state index contributed by atoms with van der Waals surface area (Å²) >= 11 is 0. The van der Waals surface area contributed by atoms with E-state index in [1.54, 1.807) is 12.1 Å². The van der Waals surface area contributed by atoms with Gasteiger partial charge >= 0.3 is 5.97 Å². The van der Waals surface area contributed by atoms with Crippen LogP contribution in [0.1, 0.15) is 5.56 Å². The van der Waals surface area contributed by atoms with Crippen LogP contribution in [0.3, 0.4) is 0 Å². The van der Waals surface area contributed by atoms with Gasteiger partial charge in [-0.05, 0) is 19.1 Å². The molecule has 0 aromatic heterocycles. The molecule has 0 saturated heterocycles. The van der Waals surface area contributed by atoms with Crippen molar-refractivity contribution in [1.29, 1.82) is 0 Å². The van der Waals surface area contributed by atoms with Crippen LogP contribution < -0.4 is 10.0 Å². The summed E-state index contributed by atoms with van der Waals surface area (Å²) in [5.41, 5.74) is 0.651. The highest BCUT2D eigenvalue weighted by atomic mass is 32.2. The summed E-state index contributed by atoms with van der Waals surface area (Å²) in [7, 11) is -2.65. The molecule has 0 aliphatic heterocycles. The SMILES string of the molecule is C=C(NC(=O)CNS(=O)(=O)c1ccc(C)cc1)C(=O)OC. The van der Waals surface area contributed by atoms with Crippen molar-refractivity contribution < 1.29 is 22.7 Å². The lowest BCUT2D eigenvalue weighted by atomic mass is 10.2. The Morgan fingerprint density at radius 2 is 1.81 bits per heavy atom. The normalized spacial score (nSPS) is 10.8. The zero-order chi connectivity index (χ0) is 16.0. The molecule has 8 heteroatoms. The molecule has 0 unspecified atom stereocenters. The number of hydrogen-bond donors (Lipinski definition) is 2. The van der Waals surface area contributed by atoms with Crippen molar-refractivity contribution in [2.24, 2.45) is 0 Å². The minimum absolute atomic E-state index is 0.0488. The second kappa shape index (κ2) is 7.00. The van der Waals surface area contributed by atoms with Crippen molar-refractivity contribution in [3.8, 4) is 0 Å². The second-order valence-corrected chi connectivity index (χ2v) is 5.92. The molecule has 0 radical (unpaired) electrons. The van der Waals surface area contributed by atoms with Gasteiger partial charge in [-0.3, -0.25) is 4.79 Å². The monoisotopic (exact) mass is 312 g/mol. The fourth-order valence-corrected chi connectivity index (χ4v) is 2.33. The molecule has 0 aliphatic rings. The van der Waals surface area contributed by atoms with Crippen LogP contribution in [0.4, 0.5) is 0 Å². The van der Waals surface area contributed by atoms with Gasteiger partial charge in [-0.1, -0.05) is 24.3 Å². The Morgan fingerprint density at radius 3 is 2.33 bits per heavy atom. The van der Waals surface area contributed by atoms with Crippen LogP contribution in [0, 0.1) is 6.92 Å². The van der Waals surface area contributed by atoms with Crippen LogP contribution in [-0.2, 0) is 24.3 Å². The van der Waals surface area contributed by atoms with Crippen LogP contribution in [-0.4, -0.2) is 33.9 Å². The van der Waals surface area contributed by atoms with E-state index < -0.39 is 28.4 Å². The lowest BCUT2D eigenvalue weighted by Crippen LogP contribution is -2.37. The minimum Gasteiger partial charge on any atom is -0.464 e. The molecule has 0 atom stereocenters. The number of carbonyl (C=O) groups excluding carboxylic acids is 2. The number of ether oxygens (including phenoxy) is 1. The summed E-state index contributed by atoms with van der Waals surface area (Å²) in [6, 6.07) is 6.16. The van der Waals surface area contributed by atoms with E-state index in [4.69, 9.17) is 0 Å². The van der Waals surface area contributed by atoms with E-state index in [1.807, 2.05) is 6.92 Å². The van der Waals surface area contributed by atoms with Gasteiger partial charge in [0.25, 0.3) is 0 Å². The van der Waals surface area contributed by atoms with Gasteiger partial charge in [-0.15, -0.1) is 0 Å². The zero-order valence-corrected chi connectivity index (χ0v) is 12.5. The predicted molar refractivity (Wildman–Crippen MR) is 75.7 cm³/mol. The Bertz CT molecular complexity index is 650. The molecule has 0 heterocycles. The van der Waals surface area contributed by atoms with E-state index in [2.05, 4.69) is 21.4 Å². The van der Waals surface area contributed by atoms with Crippen LogP contribution in [0.25, 0.3) is 0 Å². The number of amides is 1. The van der Waals surface area contributed by atoms with Gasteiger partial charge in [0.2, 0.25) is 15.9 Å². The van der Waals surface area contributed by atoms with Gasteiger partial charge in [0, 0.05) is 0 Å². The van der Waals surface area contributed by atoms with E-state index in [1.165, 1.54) is 12.1 Å². The van der Waals surface area contributed by atoms with Gasteiger partial charge in [-0.25, -0.2) is 17.9 Å². The van der Waals surface area contributed by atoms with E-state index in [9.17, 15) is 18.0 Å². The first-order valence-electron chi connectivity index (χ1n) is 5.89. The van der Waals surface area contributed by atoms with E-state index in [-0.39, 0.29) is 10.6 Å². The molecular weight excluding hydrogens is 296 g/mol. The molecule has 0 spiro atoms. The maximum absolute atomic E-state index is 11.9. The number of carbonyl (C=O) groups is 2. The second-order valence-electron chi connectivity index (χ2n) is 4.16. The van der Waals surface area contributed by atoms with Crippen molar-refractivity contribution in [3.05, 3.63) is 42.1 Å². The highest BCUT2D eigenvalue weighted by Crippen LogP contribution is 2.09. The number of rotatable bonds is 6. The lowest BCUT2D eigenvalue weighted by Gasteiger charge is -2.08. The number of aryl methyl sites for hydroxylation is 1. The molecule has 7 nitrogen and oxygen atoms in total. The Balaban J connectivity index is 2.61. The number of nitrogens with one attached hydrogen (secondary N) is 2. The molecule has 1 aromatic carbocycles. The topological polar surface area (TPSA) is 102 Å². The van der Waals surface area contributed by atoms with Gasteiger partial charge in [0.05, 0.1) is 18.6 Å². The van der Waals surface area contributed by atoms with Gasteiger partial charge < -0.3 is 10.1 Å². The number of esters is 1. The quantitative estimate of drug-likeness (QED) is 0.572. The highest BCUT2D eigenvalue weighted by Gasteiger charge is 2.16. The molecule has 1 rings (SSSR count). The molecule has 0 fully saturated rings. The molecule has 1 aromatic rings. The standard InChI is InChI=1S/C13H16N2O5S/c1-9-4-6-11(7-5-9)21(18,19)14-8-12(16)15-10(2)13(17)20-3/h4-7,14H,2,8H2,1,3H3,(H,15,16). The van der Waals surface area contributed by atoms with Crippen LogP contribution in [0.2, 0.25) is 0 Å². The lowest BCUT2D eigenvalue weighted by molar-refractivity contribution is -0.137. The molecule has 2 N–H and O–H groups in total. The van der Waals surface area contributed by atoms with Gasteiger partial charge in [-0.2, -0.15) is 0 Å². The Labute approximate surface area is 123 Å². The van der Waals surface area contributed by atoms with Crippen molar-refractivity contribution in [2.75, 3.05) is 13.7 Å². The predicted octanol–water partition coefficient (Wildman–Crippen LogP) is 0.0762. The number of sulfonamides is 1. The third-order valence-corrected chi connectivity index (χ3v) is 3.89. The maximum atomic E-state index is 11.9. The third kappa shape index (κ3) is 5.01. The summed E-state index contributed by atoms with van der Waals surface area (Å²) in [6.07, 6.45) is 0. The summed E-state index contributed by atoms with van der Waals surface area (Å²) in [6.45, 7) is 4.60. The van der Waals surface area contributed by atoms with Crippen LogP contribution in [0.15, 0.2) is 41.4 Å². The van der Waals surface area contributed by atoms with E-state index in [0.29, 0.717) is 0 Å². The van der Waals surface area contributed by atoms with Crippen LogP contribution >= 0.6 is 0 Å². The first-order chi connectivity index (χ1) is 9.76.